The van der Waals surface area contributed by atoms with E-state index in [-0.39, 0.29) is 5.69 Å². The molecule has 2 aromatic carbocycles. The van der Waals surface area contributed by atoms with Gasteiger partial charge in [0.25, 0.3) is 5.69 Å². The van der Waals surface area contributed by atoms with Gasteiger partial charge in [0.05, 0.1) is 15.6 Å². The van der Waals surface area contributed by atoms with E-state index in [0.717, 1.165) is 14.8 Å². The summed E-state index contributed by atoms with van der Waals surface area (Å²) in [6, 6.07) is 12.2. The quantitative estimate of drug-likeness (QED) is 0.478. The molecule has 0 amide bonds. The van der Waals surface area contributed by atoms with E-state index in [1.54, 1.807) is 12.1 Å². The molecule has 4 nitrogen and oxygen atoms in total. The van der Waals surface area contributed by atoms with Gasteiger partial charge in [-0.05, 0) is 46.4 Å². The summed E-state index contributed by atoms with van der Waals surface area (Å²) in [5, 5.41) is 14.4. The Balaban J connectivity index is 2.04. The number of halogens is 2. The minimum absolute atomic E-state index is 0.0936. The van der Waals surface area contributed by atoms with Crippen molar-refractivity contribution in [2.75, 3.05) is 5.32 Å². The second-order valence-electron chi connectivity index (χ2n) is 3.90. The predicted molar refractivity (Wildman–Crippen MR) is 84.6 cm³/mol. The summed E-state index contributed by atoms with van der Waals surface area (Å²) in [6.45, 7) is 0.568. The monoisotopic (exact) mass is 388 g/mol. The molecular weight excluding hydrogens is 379 g/mol. The predicted octanol–water partition coefficient (Wildman–Crippen LogP) is 4.46. The van der Waals surface area contributed by atoms with Crippen molar-refractivity contribution in [3.8, 4) is 0 Å². The van der Waals surface area contributed by atoms with Crippen molar-refractivity contribution in [3.05, 3.63) is 66.7 Å². The van der Waals surface area contributed by atoms with E-state index in [1.165, 1.54) is 12.1 Å². The summed E-state index contributed by atoms with van der Waals surface area (Å²) >= 11 is 8.30. The first-order chi connectivity index (χ1) is 9.06. The fraction of sp³-hybridized carbons (Fsp3) is 0.0769. The van der Waals surface area contributed by atoms with Crippen LogP contribution in [0.5, 0.6) is 0 Å². The summed E-state index contributed by atoms with van der Waals surface area (Å²) in [7, 11) is 0. The summed E-state index contributed by atoms with van der Waals surface area (Å²) in [5.74, 6) is 0. The Kier molecular flexibility index (Phi) is 4.60. The van der Waals surface area contributed by atoms with Crippen LogP contribution in [0.3, 0.4) is 0 Å². The lowest BCUT2D eigenvalue weighted by Gasteiger charge is -2.08. The normalized spacial score (nSPS) is 10.2. The van der Waals surface area contributed by atoms with E-state index in [9.17, 15) is 10.1 Å². The fourth-order valence-electron chi connectivity index (χ4n) is 1.57. The van der Waals surface area contributed by atoms with Gasteiger partial charge in [-0.1, -0.05) is 23.7 Å². The van der Waals surface area contributed by atoms with Crippen molar-refractivity contribution in [1.82, 2.24) is 0 Å². The number of nitro groups is 1. The lowest BCUT2D eigenvalue weighted by Crippen LogP contribution is -2.00. The molecule has 0 aromatic heterocycles. The maximum atomic E-state index is 10.5. The van der Waals surface area contributed by atoms with Crippen LogP contribution < -0.4 is 5.32 Å². The molecule has 0 aliphatic rings. The van der Waals surface area contributed by atoms with Gasteiger partial charge in [-0.2, -0.15) is 0 Å². The first kappa shape index (κ1) is 14.1. The molecule has 0 aliphatic carbocycles. The van der Waals surface area contributed by atoms with Crippen molar-refractivity contribution in [2.24, 2.45) is 0 Å². The highest BCUT2D eigenvalue weighted by Gasteiger charge is 2.04. The zero-order valence-electron chi connectivity index (χ0n) is 9.77. The molecule has 0 unspecified atom stereocenters. The van der Waals surface area contributed by atoms with Crippen LogP contribution in [0.4, 0.5) is 11.4 Å². The van der Waals surface area contributed by atoms with Gasteiger partial charge in [-0.15, -0.1) is 0 Å². The summed E-state index contributed by atoms with van der Waals surface area (Å²) < 4.78 is 1.07. The maximum absolute atomic E-state index is 10.5. The highest BCUT2D eigenvalue weighted by atomic mass is 127. The van der Waals surface area contributed by atoms with Crippen LogP contribution in [0.2, 0.25) is 5.02 Å². The lowest BCUT2D eigenvalue weighted by atomic mass is 10.2. The molecule has 0 saturated carbocycles. The van der Waals surface area contributed by atoms with Gasteiger partial charge in [-0.25, -0.2) is 0 Å². The second kappa shape index (κ2) is 6.21. The summed E-state index contributed by atoms with van der Waals surface area (Å²) in [6.07, 6.45) is 0. The van der Waals surface area contributed by atoms with Gasteiger partial charge in [0, 0.05) is 22.2 Å². The largest absolute Gasteiger partial charge is 0.380 e. The lowest BCUT2D eigenvalue weighted by molar-refractivity contribution is -0.384. The van der Waals surface area contributed by atoms with Crippen LogP contribution in [0.1, 0.15) is 5.56 Å². The molecule has 0 bridgehead atoms. The molecule has 98 valence electrons. The molecule has 0 fully saturated rings. The Hall–Kier alpha value is -1.34. The molecule has 0 saturated heterocycles. The van der Waals surface area contributed by atoms with Crippen LogP contribution in [-0.2, 0) is 6.54 Å². The van der Waals surface area contributed by atoms with Gasteiger partial charge in [-0.3, -0.25) is 10.1 Å². The zero-order chi connectivity index (χ0) is 13.8. The third kappa shape index (κ3) is 3.81. The third-order valence-electron chi connectivity index (χ3n) is 2.56. The van der Waals surface area contributed by atoms with Crippen molar-refractivity contribution in [1.29, 1.82) is 0 Å². The second-order valence-corrected chi connectivity index (χ2v) is 5.55. The van der Waals surface area contributed by atoms with Crippen molar-refractivity contribution in [2.45, 2.75) is 6.54 Å². The van der Waals surface area contributed by atoms with Crippen LogP contribution >= 0.6 is 34.2 Å². The number of nitrogens with one attached hydrogen (secondary N) is 1. The van der Waals surface area contributed by atoms with Crippen molar-refractivity contribution >= 4 is 45.6 Å². The first-order valence-electron chi connectivity index (χ1n) is 5.48. The Morgan fingerprint density at radius 2 is 1.89 bits per heavy atom. The number of hydrogen-bond acceptors (Lipinski definition) is 3. The van der Waals surface area contributed by atoms with Gasteiger partial charge in [0.15, 0.2) is 0 Å². The molecule has 1 N–H and O–H groups in total. The minimum Gasteiger partial charge on any atom is -0.380 e. The van der Waals surface area contributed by atoms with Crippen LogP contribution in [0, 0.1) is 13.7 Å². The fourth-order valence-corrected chi connectivity index (χ4v) is 2.49. The minimum atomic E-state index is -0.410. The molecular formula is C13H10ClIN2O2. The number of non-ortho nitro benzene ring substituents is 1. The van der Waals surface area contributed by atoms with Crippen LogP contribution in [0.15, 0.2) is 42.5 Å². The van der Waals surface area contributed by atoms with Gasteiger partial charge < -0.3 is 5.32 Å². The average molecular weight is 389 g/mol. The number of hydrogen-bond donors (Lipinski definition) is 1. The molecule has 0 spiro atoms. The van der Waals surface area contributed by atoms with Gasteiger partial charge >= 0.3 is 0 Å². The molecule has 19 heavy (non-hydrogen) atoms. The SMILES string of the molecule is O=[N+]([O-])c1ccc(CNc2ccc(I)cc2Cl)cc1. The molecule has 2 rings (SSSR count). The average Bonchev–Trinajstić information content (AvgIpc) is 2.38. The van der Waals surface area contributed by atoms with Crippen molar-refractivity contribution in [3.63, 3.8) is 0 Å². The Morgan fingerprint density at radius 3 is 2.47 bits per heavy atom. The number of benzene rings is 2. The van der Waals surface area contributed by atoms with E-state index in [2.05, 4.69) is 27.9 Å². The third-order valence-corrected chi connectivity index (χ3v) is 3.54. The van der Waals surface area contributed by atoms with E-state index in [0.29, 0.717) is 11.6 Å². The smallest absolute Gasteiger partial charge is 0.269 e. The maximum Gasteiger partial charge on any atom is 0.269 e. The number of nitrogens with zero attached hydrogens (tertiary/aromatic N) is 1. The van der Waals surface area contributed by atoms with Gasteiger partial charge in [0.1, 0.15) is 0 Å². The Morgan fingerprint density at radius 1 is 1.21 bits per heavy atom. The Labute approximate surface area is 129 Å². The standard InChI is InChI=1S/C13H10ClIN2O2/c14-12-7-10(15)3-6-13(12)16-8-9-1-4-11(5-2-9)17(18)19/h1-7,16H,8H2. The summed E-state index contributed by atoms with van der Waals surface area (Å²) in [4.78, 5) is 10.1. The number of nitro benzene ring substituents is 1. The highest BCUT2D eigenvalue weighted by Crippen LogP contribution is 2.24. The molecule has 0 radical (unpaired) electrons. The number of rotatable bonds is 4. The molecule has 0 atom stereocenters. The Bertz CT molecular complexity index is 602. The van der Waals surface area contributed by atoms with Crippen LogP contribution in [0.25, 0.3) is 0 Å². The zero-order valence-corrected chi connectivity index (χ0v) is 12.7. The van der Waals surface area contributed by atoms with E-state index < -0.39 is 4.92 Å². The summed E-state index contributed by atoms with van der Waals surface area (Å²) in [5.41, 5.74) is 1.90. The topological polar surface area (TPSA) is 55.2 Å². The number of anilines is 1. The van der Waals surface area contributed by atoms with E-state index >= 15 is 0 Å². The van der Waals surface area contributed by atoms with Crippen molar-refractivity contribution < 1.29 is 4.92 Å². The first-order valence-corrected chi connectivity index (χ1v) is 6.94. The molecule has 6 heteroatoms. The van der Waals surface area contributed by atoms with E-state index in [1.807, 2.05) is 18.2 Å². The molecule has 0 heterocycles. The highest BCUT2D eigenvalue weighted by molar-refractivity contribution is 14.1. The van der Waals surface area contributed by atoms with Gasteiger partial charge in [0.2, 0.25) is 0 Å². The van der Waals surface area contributed by atoms with E-state index in [4.69, 9.17) is 11.6 Å². The molecule has 0 aliphatic heterocycles. The molecule has 2 aromatic rings. The van der Waals surface area contributed by atoms with Crippen LogP contribution in [-0.4, -0.2) is 4.92 Å².